The van der Waals surface area contributed by atoms with Gasteiger partial charge in [0.05, 0.1) is 11.7 Å². The molecule has 104 valence electrons. The van der Waals surface area contributed by atoms with Crippen LogP contribution in [0, 0.1) is 4.77 Å². The number of hydrogen-bond donors (Lipinski definition) is 1. The highest BCUT2D eigenvalue weighted by Crippen LogP contribution is 2.38. The van der Waals surface area contributed by atoms with Crippen LogP contribution in [0.4, 0.5) is 0 Å². The molecular weight excluding hydrogens is 266 g/mol. The summed E-state index contributed by atoms with van der Waals surface area (Å²) in [5, 5.41) is 0. The summed E-state index contributed by atoms with van der Waals surface area (Å²) in [5.41, 5.74) is 2.48. The van der Waals surface area contributed by atoms with Crippen molar-refractivity contribution in [2.24, 2.45) is 0 Å². The molecule has 0 amide bonds. The SMILES string of the molecule is S=c1[nH]cc(-c2ccccc2)n1C1CCN2CCCC12. The topological polar surface area (TPSA) is 24.0 Å². The second-order valence-electron chi connectivity index (χ2n) is 5.82. The smallest absolute Gasteiger partial charge is 0.177 e. The summed E-state index contributed by atoms with van der Waals surface area (Å²) < 4.78 is 3.23. The van der Waals surface area contributed by atoms with E-state index >= 15 is 0 Å². The summed E-state index contributed by atoms with van der Waals surface area (Å²) in [6.45, 7) is 2.48. The lowest BCUT2D eigenvalue weighted by Crippen LogP contribution is -2.27. The van der Waals surface area contributed by atoms with Crippen LogP contribution < -0.4 is 0 Å². The lowest BCUT2D eigenvalue weighted by atomic mass is 10.1. The Labute approximate surface area is 124 Å². The second kappa shape index (κ2) is 4.86. The molecule has 0 spiro atoms. The van der Waals surface area contributed by atoms with Gasteiger partial charge in [-0.15, -0.1) is 0 Å². The maximum absolute atomic E-state index is 5.56. The zero-order valence-corrected chi connectivity index (χ0v) is 12.3. The highest BCUT2D eigenvalue weighted by atomic mass is 32.1. The average Bonchev–Trinajstić information content (AvgIpc) is 3.15. The lowest BCUT2D eigenvalue weighted by molar-refractivity contribution is 0.290. The molecule has 2 unspecified atom stereocenters. The van der Waals surface area contributed by atoms with Crippen molar-refractivity contribution in [2.75, 3.05) is 13.1 Å². The molecule has 2 atom stereocenters. The maximum Gasteiger partial charge on any atom is 0.177 e. The zero-order valence-electron chi connectivity index (χ0n) is 11.5. The van der Waals surface area contributed by atoms with Gasteiger partial charge in [-0.1, -0.05) is 30.3 Å². The molecule has 4 rings (SSSR count). The summed E-state index contributed by atoms with van der Waals surface area (Å²) in [4.78, 5) is 5.88. The van der Waals surface area contributed by atoms with Crippen molar-refractivity contribution in [3.8, 4) is 11.3 Å². The second-order valence-corrected chi connectivity index (χ2v) is 6.20. The lowest BCUT2D eigenvalue weighted by Gasteiger charge is -2.23. The predicted octanol–water partition coefficient (Wildman–Crippen LogP) is 3.62. The molecule has 2 aliphatic heterocycles. The standard InChI is InChI=1S/C16H19N3S/c20-16-17-11-15(12-5-2-1-3-6-12)19(16)14-8-10-18-9-4-7-13(14)18/h1-3,5-6,11,13-14H,4,7-10H2,(H,17,20). The molecule has 2 fully saturated rings. The van der Waals surface area contributed by atoms with E-state index in [0.717, 1.165) is 4.77 Å². The molecule has 0 radical (unpaired) electrons. The first kappa shape index (κ1) is 12.4. The first-order valence-electron chi connectivity index (χ1n) is 7.44. The number of imidazole rings is 1. The molecular formula is C16H19N3S. The van der Waals surface area contributed by atoms with Crippen LogP contribution >= 0.6 is 12.2 Å². The number of aromatic nitrogens is 2. The monoisotopic (exact) mass is 285 g/mol. The van der Waals surface area contributed by atoms with Crippen molar-refractivity contribution in [1.82, 2.24) is 14.5 Å². The minimum absolute atomic E-state index is 0.534. The molecule has 2 saturated heterocycles. The molecule has 2 aromatic rings. The predicted molar refractivity (Wildman–Crippen MR) is 83.3 cm³/mol. The maximum atomic E-state index is 5.56. The minimum Gasteiger partial charge on any atom is -0.337 e. The molecule has 3 nitrogen and oxygen atoms in total. The van der Waals surface area contributed by atoms with Crippen molar-refractivity contribution in [2.45, 2.75) is 31.3 Å². The normalized spacial score (nSPS) is 26.0. The quantitative estimate of drug-likeness (QED) is 0.852. The summed E-state index contributed by atoms with van der Waals surface area (Å²) in [7, 11) is 0. The van der Waals surface area contributed by atoms with E-state index in [-0.39, 0.29) is 0 Å². The van der Waals surface area contributed by atoms with Gasteiger partial charge in [0.15, 0.2) is 4.77 Å². The van der Waals surface area contributed by atoms with E-state index in [1.807, 2.05) is 0 Å². The van der Waals surface area contributed by atoms with Gasteiger partial charge in [0.2, 0.25) is 0 Å². The number of nitrogens with one attached hydrogen (secondary N) is 1. The Kier molecular flexibility index (Phi) is 3.00. The van der Waals surface area contributed by atoms with Crippen LogP contribution in [0.5, 0.6) is 0 Å². The first-order valence-corrected chi connectivity index (χ1v) is 7.85. The molecule has 20 heavy (non-hydrogen) atoms. The molecule has 0 saturated carbocycles. The summed E-state index contributed by atoms with van der Waals surface area (Å²) in [5.74, 6) is 0. The number of fused-ring (bicyclic) bond motifs is 1. The van der Waals surface area contributed by atoms with Crippen LogP contribution in [-0.2, 0) is 0 Å². The number of aromatic amines is 1. The van der Waals surface area contributed by atoms with Crippen molar-refractivity contribution >= 4 is 12.2 Å². The molecule has 1 aromatic carbocycles. The van der Waals surface area contributed by atoms with Crippen LogP contribution in [0.25, 0.3) is 11.3 Å². The Morgan fingerprint density at radius 1 is 1.05 bits per heavy atom. The first-order chi connectivity index (χ1) is 9.84. The zero-order chi connectivity index (χ0) is 13.5. The van der Waals surface area contributed by atoms with Crippen LogP contribution in [0.2, 0.25) is 0 Å². The van der Waals surface area contributed by atoms with Gasteiger partial charge in [-0.2, -0.15) is 0 Å². The Morgan fingerprint density at radius 2 is 1.90 bits per heavy atom. The van der Waals surface area contributed by atoms with Gasteiger partial charge in [0.25, 0.3) is 0 Å². The van der Waals surface area contributed by atoms with E-state index in [9.17, 15) is 0 Å². The Hall–Kier alpha value is -1.39. The van der Waals surface area contributed by atoms with E-state index in [2.05, 4.69) is 51.0 Å². The highest BCUT2D eigenvalue weighted by molar-refractivity contribution is 7.71. The number of nitrogens with zero attached hydrogens (tertiary/aromatic N) is 2. The summed E-state index contributed by atoms with van der Waals surface area (Å²) >= 11 is 5.56. The van der Waals surface area contributed by atoms with E-state index in [4.69, 9.17) is 12.2 Å². The van der Waals surface area contributed by atoms with Crippen LogP contribution in [0.3, 0.4) is 0 Å². The Balaban J connectivity index is 1.79. The van der Waals surface area contributed by atoms with Crippen molar-refractivity contribution in [3.05, 3.63) is 41.3 Å². The Morgan fingerprint density at radius 3 is 2.75 bits per heavy atom. The van der Waals surface area contributed by atoms with Gasteiger partial charge in [0.1, 0.15) is 0 Å². The van der Waals surface area contributed by atoms with E-state index in [0.29, 0.717) is 12.1 Å². The number of benzene rings is 1. The van der Waals surface area contributed by atoms with Gasteiger partial charge in [-0.3, -0.25) is 4.90 Å². The molecule has 0 aliphatic carbocycles. The van der Waals surface area contributed by atoms with Crippen LogP contribution in [-0.4, -0.2) is 33.6 Å². The van der Waals surface area contributed by atoms with Crippen molar-refractivity contribution in [1.29, 1.82) is 0 Å². The van der Waals surface area contributed by atoms with Crippen LogP contribution in [0.15, 0.2) is 36.5 Å². The van der Waals surface area contributed by atoms with Crippen molar-refractivity contribution < 1.29 is 0 Å². The average molecular weight is 285 g/mol. The molecule has 4 heteroatoms. The third-order valence-electron chi connectivity index (χ3n) is 4.78. The van der Waals surface area contributed by atoms with Gasteiger partial charge < -0.3 is 9.55 Å². The molecule has 1 aromatic heterocycles. The summed E-state index contributed by atoms with van der Waals surface area (Å²) in [6.07, 6.45) is 5.93. The summed E-state index contributed by atoms with van der Waals surface area (Å²) in [6, 6.07) is 11.8. The minimum atomic E-state index is 0.534. The van der Waals surface area contributed by atoms with Gasteiger partial charge in [-0.05, 0) is 43.6 Å². The van der Waals surface area contributed by atoms with Crippen LogP contribution in [0.1, 0.15) is 25.3 Å². The Bertz CT molecular complexity index is 658. The van der Waals surface area contributed by atoms with E-state index < -0.39 is 0 Å². The molecule has 1 N–H and O–H groups in total. The molecule has 2 aliphatic rings. The fourth-order valence-corrected chi connectivity index (χ4v) is 4.19. The van der Waals surface area contributed by atoms with Gasteiger partial charge in [0, 0.05) is 18.8 Å². The number of rotatable bonds is 2. The largest absolute Gasteiger partial charge is 0.337 e. The number of hydrogen-bond acceptors (Lipinski definition) is 2. The van der Waals surface area contributed by atoms with Gasteiger partial charge in [-0.25, -0.2) is 0 Å². The van der Waals surface area contributed by atoms with E-state index in [1.165, 1.54) is 43.6 Å². The van der Waals surface area contributed by atoms with Crippen molar-refractivity contribution in [3.63, 3.8) is 0 Å². The van der Waals surface area contributed by atoms with E-state index in [1.54, 1.807) is 0 Å². The molecule has 3 heterocycles. The fraction of sp³-hybridized carbons (Fsp3) is 0.438. The third kappa shape index (κ3) is 1.86. The fourth-order valence-electron chi connectivity index (χ4n) is 3.90. The molecule has 0 bridgehead atoms. The highest BCUT2D eigenvalue weighted by Gasteiger charge is 2.39. The van der Waals surface area contributed by atoms with Gasteiger partial charge >= 0.3 is 0 Å². The third-order valence-corrected chi connectivity index (χ3v) is 5.10. The number of H-pyrrole nitrogens is 1.